The quantitative estimate of drug-likeness (QED) is 0.921. The number of fused-ring (bicyclic) bond motifs is 1. The van der Waals surface area contributed by atoms with E-state index in [9.17, 15) is 14.3 Å². The molecule has 1 N–H and O–H groups in total. The molecule has 1 aliphatic carbocycles. The monoisotopic (exact) mass is 277 g/mol. The number of rotatable bonds is 3. The number of halogens is 1. The van der Waals surface area contributed by atoms with Crippen molar-refractivity contribution in [3.8, 4) is 0 Å². The predicted molar refractivity (Wildman–Crippen MR) is 74.1 cm³/mol. The number of carboxylic acid groups (broad SMARTS) is 1. The van der Waals surface area contributed by atoms with Crippen LogP contribution in [0, 0.1) is 11.7 Å². The van der Waals surface area contributed by atoms with Crippen molar-refractivity contribution >= 4 is 5.97 Å². The molecule has 2 atom stereocenters. The van der Waals surface area contributed by atoms with E-state index >= 15 is 0 Å². The molecular formula is C16H20FNO2. The third kappa shape index (κ3) is 2.57. The largest absolute Gasteiger partial charge is 0.478 e. The molecule has 1 aliphatic heterocycles. The van der Waals surface area contributed by atoms with E-state index in [-0.39, 0.29) is 5.56 Å². The van der Waals surface area contributed by atoms with Gasteiger partial charge < -0.3 is 5.11 Å². The maximum atomic E-state index is 13.2. The van der Waals surface area contributed by atoms with Gasteiger partial charge >= 0.3 is 5.97 Å². The van der Waals surface area contributed by atoms with Crippen LogP contribution in [0.1, 0.15) is 48.0 Å². The van der Waals surface area contributed by atoms with Gasteiger partial charge in [-0.2, -0.15) is 0 Å². The van der Waals surface area contributed by atoms with Crippen LogP contribution < -0.4 is 0 Å². The van der Waals surface area contributed by atoms with Gasteiger partial charge in [0.1, 0.15) is 5.82 Å². The molecule has 2 fully saturated rings. The molecule has 0 amide bonds. The zero-order valence-corrected chi connectivity index (χ0v) is 11.5. The summed E-state index contributed by atoms with van der Waals surface area (Å²) in [6.07, 6.45) is 6.33. The minimum absolute atomic E-state index is 0.101. The van der Waals surface area contributed by atoms with E-state index in [0.29, 0.717) is 12.6 Å². The summed E-state index contributed by atoms with van der Waals surface area (Å²) >= 11 is 0. The molecule has 0 aromatic heterocycles. The molecule has 20 heavy (non-hydrogen) atoms. The van der Waals surface area contributed by atoms with E-state index in [1.165, 1.54) is 38.2 Å². The van der Waals surface area contributed by atoms with Crippen molar-refractivity contribution in [1.82, 2.24) is 4.90 Å². The van der Waals surface area contributed by atoms with Gasteiger partial charge in [0.15, 0.2) is 0 Å². The maximum Gasteiger partial charge on any atom is 0.336 e. The van der Waals surface area contributed by atoms with Gasteiger partial charge in [0.05, 0.1) is 5.56 Å². The summed E-state index contributed by atoms with van der Waals surface area (Å²) in [6.45, 7) is 1.66. The highest BCUT2D eigenvalue weighted by atomic mass is 19.1. The fraction of sp³-hybridized carbons (Fsp3) is 0.562. The standard InChI is InChI=1S/C16H20FNO2/c17-13-6-5-12(14(9-13)16(19)20)10-18-8-7-11-3-1-2-4-15(11)18/h5-6,9,11,15H,1-4,7-8,10H2,(H,19,20). The van der Waals surface area contributed by atoms with Gasteiger partial charge in [-0.3, -0.25) is 4.90 Å². The molecule has 108 valence electrons. The van der Waals surface area contributed by atoms with Crippen LogP contribution in [-0.4, -0.2) is 28.6 Å². The van der Waals surface area contributed by atoms with Crippen molar-refractivity contribution in [2.45, 2.75) is 44.7 Å². The van der Waals surface area contributed by atoms with Gasteiger partial charge in [-0.05, 0) is 49.4 Å². The number of hydrogen-bond donors (Lipinski definition) is 1. The first kappa shape index (κ1) is 13.6. The molecule has 0 bridgehead atoms. The van der Waals surface area contributed by atoms with E-state index < -0.39 is 11.8 Å². The lowest BCUT2D eigenvalue weighted by atomic mass is 9.85. The molecule has 4 heteroatoms. The van der Waals surface area contributed by atoms with Crippen LogP contribution in [0.2, 0.25) is 0 Å². The Hall–Kier alpha value is -1.42. The van der Waals surface area contributed by atoms with Crippen molar-refractivity contribution in [1.29, 1.82) is 0 Å². The molecular weight excluding hydrogens is 257 g/mol. The van der Waals surface area contributed by atoms with Gasteiger partial charge in [0.25, 0.3) is 0 Å². The number of nitrogens with zero attached hydrogens (tertiary/aromatic N) is 1. The highest BCUT2D eigenvalue weighted by molar-refractivity contribution is 5.89. The van der Waals surface area contributed by atoms with Crippen molar-refractivity contribution < 1.29 is 14.3 Å². The Morgan fingerprint density at radius 1 is 1.30 bits per heavy atom. The fourth-order valence-electron chi connectivity index (χ4n) is 3.80. The molecule has 1 saturated carbocycles. The molecule has 1 aromatic carbocycles. The first-order chi connectivity index (χ1) is 9.65. The van der Waals surface area contributed by atoms with Crippen LogP contribution in [-0.2, 0) is 6.54 Å². The minimum atomic E-state index is -1.04. The van der Waals surface area contributed by atoms with E-state index in [1.54, 1.807) is 6.07 Å². The SMILES string of the molecule is O=C(O)c1cc(F)ccc1CN1CCC2CCCCC21. The molecule has 1 saturated heterocycles. The van der Waals surface area contributed by atoms with Crippen molar-refractivity contribution in [3.05, 3.63) is 35.1 Å². The van der Waals surface area contributed by atoms with Gasteiger partial charge in [0.2, 0.25) is 0 Å². The summed E-state index contributed by atoms with van der Waals surface area (Å²) < 4.78 is 13.2. The van der Waals surface area contributed by atoms with Crippen LogP contribution in [0.15, 0.2) is 18.2 Å². The lowest BCUT2D eigenvalue weighted by Gasteiger charge is -2.32. The first-order valence-electron chi connectivity index (χ1n) is 7.41. The highest BCUT2D eigenvalue weighted by Crippen LogP contribution is 2.37. The number of hydrogen-bond acceptors (Lipinski definition) is 2. The molecule has 3 rings (SSSR count). The Morgan fingerprint density at radius 2 is 2.10 bits per heavy atom. The average Bonchev–Trinajstić information content (AvgIpc) is 2.84. The number of carbonyl (C=O) groups is 1. The van der Waals surface area contributed by atoms with Crippen molar-refractivity contribution in [2.24, 2.45) is 5.92 Å². The fourth-order valence-corrected chi connectivity index (χ4v) is 3.80. The van der Waals surface area contributed by atoms with Crippen LogP contribution in [0.25, 0.3) is 0 Å². The van der Waals surface area contributed by atoms with E-state index in [4.69, 9.17) is 0 Å². The Bertz CT molecular complexity index is 517. The Balaban J connectivity index is 1.79. The van der Waals surface area contributed by atoms with Crippen LogP contribution in [0.4, 0.5) is 4.39 Å². The van der Waals surface area contributed by atoms with Gasteiger partial charge in [-0.25, -0.2) is 9.18 Å². The number of benzene rings is 1. The van der Waals surface area contributed by atoms with E-state index in [1.807, 2.05) is 0 Å². The second-order valence-corrected chi connectivity index (χ2v) is 5.98. The second-order valence-electron chi connectivity index (χ2n) is 5.98. The summed E-state index contributed by atoms with van der Waals surface area (Å²) in [5.41, 5.74) is 0.828. The van der Waals surface area contributed by atoms with Crippen molar-refractivity contribution in [3.63, 3.8) is 0 Å². The average molecular weight is 277 g/mol. The van der Waals surface area contributed by atoms with Gasteiger partial charge in [-0.1, -0.05) is 18.9 Å². The zero-order chi connectivity index (χ0) is 14.1. The van der Waals surface area contributed by atoms with E-state index in [2.05, 4.69) is 4.90 Å². The molecule has 1 heterocycles. The first-order valence-corrected chi connectivity index (χ1v) is 7.41. The minimum Gasteiger partial charge on any atom is -0.478 e. The topological polar surface area (TPSA) is 40.5 Å². The van der Waals surface area contributed by atoms with E-state index in [0.717, 1.165) is 24.1 Å². The third-order valence-electron chi connectivity index (χ3n) is 4.80. The summed E-state index contributed by atoms with van der Waals surface area (Å²) in [4.78, 5) is 13.6. The smallest absolute Gasteiger partial charge is 0.336 e. The number of likely N-dealkylation sites (tertiary alicyclic amines) is 1. The third-order valence-corrected chi connectivity index (χ3v) is 4.80. The molecule has 2 unspecified atom stereocenters. The predicted octanol–water partition coefficient (Wildman–Crippen LogP) is 3.29. The normalized spacial score (nSPS) is 26.4. The summed E-state index contributed by atoms with van der Waals surface area (Å²) in [5.74, 6) is -0.750. The highest BCUT2D eigenvalue weighted by Gasteiger charge is 2.35. The lowest BCUT2D eigenvalue weighted by Crippen LogP contribution is -2.34. The summed E-state index contributed by atoms with van der Waals surface area (Å²) in [6, 6.07) is 4.70. The number of carboxylic acids is 1. The Morgan fingerprint density at radius 3 is 2.90 bits per heavy atom. The molecule has 1 aromatic rings. The van der Waals surface area contributed by atoms with Crippen LogP contribution >= 0.6 is 0 Å². The molecule has 0 spiro atoms. The Labute approximate surface area is 118 Å². The zero-order valence-electron chi connectivity index (χ0n) is 11.5. The summed E-state index contributed by atoms with van der Waals surface area (Å²) in [5, 5.41) is 9.21. The second kappa shape index (κ2) is 5.52. The summed E-state index contributed by atoms with van der Waals surface area (Å²) in [7, 11) is 0. The molecule has 0 radical (unpaired) electrons. The maximum absolute atomic E-state index is 13.2. The van der Waals surface area contributed by atoms with Gasteiger partial charge in [0, 0.05) is 12.6 Å². The van der Waals surface area contributed by atoms with Crippen LogP contribution in [0.5, 0.6) is 0 Å². The molecule has 2 aliphatic rings. The van der Waals surface area contributed by atoms with Gasteiger partial charge in [-0.15, -0.1) is 0 Å². The van der Waals surface area contributed by atoms with Crippen molar-refractivity contribution in [2.75, 3.05) is 6.54 Å². The Kier molecular flexibility index (Phi) is 3.74. The number of aromatic carboxylic acids is 1. The lowest BCUT2D eigenvalue weighted by molar-refractivity contribution is 0.0693. The van der Waals surface area contributed by atoms with Crippen LogP contribution in [0.3, 0.4) is 0 Å². The molecule has 3 nitrogen and oxygen atoms in total.